The second kappa shape index (κ2) is 4.46. The number of carbonyl (C=O) groups is 1. The third-order valence-electron chi connectivity index (χ3n) is 3.93. The zero-order chi connectivity index (χ0) is 14.5. The fourth-order valence-corrected chi connectivity index (χ4v) is 2.76. The molecule has 1 aliphatic rings. The van der Waals surface area contributed by atoms with Gasteiger partial charge in [-0.2, -0.15) is 0 Å². The molecule has 2 N–H and O–H groups in total. The van der Waals surface area contributed by atoms with Crippen molar-refractivity contribution >= 4 is 48.8 Å². The monoisotopic (exact) mass is 263 g/mol. The van der Waals surface area contributed by atoms with E-state index in [9.17, 15) is 4.79 Å². The Morgan fingerprint density at radius 1 is 1.16 bits per heavy atom. The minimum absolute atomic E-state index is 0.102. The average Bonchev–Trinajstić information content (AvgIpc) is 2.33. The highest BCUT2D eigenvalue weighted by Crippen LogP contribution is 2.60. The van der Waals surface area contributed by atoms with E-state index < -0.39 is 16.0 Å². The SMILES string of the molecule is [B]C1([B])CCC(=O)C(N)(c2ccccc2Cl)C1([B])[B]. The van der Waals surface area contributed by atoms with Crippen molar-refractivity contribution in [1.29, 1.82) is 0 Å². The first kappa shape index (κ1) is 14.8. The minimum Gasteiger partial charge on any atom is -0.316 e. The van der Waals surface area contributed by atoms with E-state index in [1.54, 1.807) is 24.3 Å². The van der Waals surface area contributed by atoms with Gasteiger partial charge < -0.3 is 5.73 Å². The first-order valence-electron chi connectivity index (χ1n) is 5.87. The number of halogens is 1. The van der Waals surface area contributed by atoms with Gasteiger partial charge in [0.1, 0.15) is 0 Å². The number of hydrogen-bond acceptors (Lipinski definition) is 2. The maximum absolute atomic E-state index is 12.3. The Bertz CT molecular complexity index is 534. The molecule has 2 nitrogen and oxygen atoms in total. The summed E-state index contributed by atoms with van der Waals surface area (Å²) in [4.78, 5) is 12.3. The van der Waals surface area contributed by atoms with E-state index in [0.717, 1.165) is 0 Å². The van der Waals surface area contributed by atoms with Gasteiger partial charge in [-0.25, -0.2) is 0 Å². The van der Waals surface area contributed by atoms with E-state index in [0.29, 0.717) is 10.6 Å². The Morgan fingerprint density at radius 2 is 1.74 bits per heavy atom. The fourth-order valence-electron chi connectivity index (χ4n) is 2.48. The molecular formula is C12H10B4ClNO. The van der Waals surface area contributed by atoms with Gasteiger partial charge in [0.05, 0.1) is 36.9 Å². The van der Waals surface area contributed by atoms with Crippen molar-refractivity contribution < 1.29 is 4.79 Å². The molecule has 0 spiro atoms. The third kappa shape index (κ3) is 1.92. The van der Waals surface area contributed by atoms with Crippen molar-refractivity contribution in [3.63, 3.8) is 0 Å². The Labute approximate surface area is 123 Å². The van der Waals surface area contributed by atoms with Crippen molar-refractivity contribution in [2.75, 3.05) is 0 Å². The largest absolute Gasteiger partial charge is 0.316 e. The van der Waals surface area contributed by atoms with Gasteiger partial charge in [0.2, 0.25) is 0 Å². The van der Waals surface area contributed by atoms with Crippen LogP contribution in [0.4, 0.5) is 0 Å². The molecule has 19 heavy (non-hydrogen) atoms. The lowest BCUT2D eigenvalue weighted by molar-refractivity contribution is -0.127. The Balaban J connectivity index is 2.68. The highest BCUT2D eigenvalue weighted by molar-refractivity contribution is 6.56. The zero-order valence-electron chi connectivity index (χ0n) is 10.4. The topological polar surface area (TPSA) is 43.1 Å². The molecule has 88 valence electrons. The highest BCUT2D eigenvalue weighted by Gasteiger charge is 2.57. The molecule has 0 bridgehead atoms. The summed E-state index contributed by atoms with van der Waals surface area (Å²) in [6, 6.07) is 6.63. The van der Waals surface area contributed by atoms with Crippen molar-refractivity contribution in [3.05, 3.63) is 34.9 Å². The molecule has 1 atom stereocenters. The van der Waals surface area contributed by atoms with E-state index in [1.807, 2.05) is 0 Å². The van der Waals surface area contributed by atoms with Crippen LogP contribution in [-0.4, -0.2) is 37.2 Å². The molecule has 0 heterocycles. The summed E-state index contributed by atoms with van der Waals surface area (Å²) in [6.45, 7) is 0. The smallest absolute Gasteiger partial charge is 0.156 e. The summed E-state index contributed by atoms with van der Waals surface area (Å²) >= 11 is 6.11. The van der Waals surface area contributed by atoms with E-state index in [2.05, 4.69) is 0 Å². The molecule has 1 unspecified atom stereocenters. The molecular weight excluding hydrogens is 253 g/mol. The van der Waals surface area contributed by atoms with Gasteiger partial charge >= 0.3 is 0 Å². The number of rotatable bonds is 1. The molecule has 1 saturated carbocycles. The van der Waals surface area contributed by atoms with Crippen LogP contribution in [0, 0.1) is 0 Å². The van der Waals surface area contributed by atoms with E-state index in [4.69, 9.17) is 48.7 Å². The Morgan fingerprint density at radius 3 is 2.32 bits per heavy atom. The summed E-state index contributed by atoms with van der Waals surface area (Å²) in [5.74, 6) is -0.322. The van der Waals surface area contributed by atoms with Crippen molar-refractivity contribution in [2.45, 2.75) is 28.8 Å². The second-order valence-electron chi connectivity index (χ2n) is 5.12. The summed E-state index contributed by atoms with van der Waals surface area (Å²) in [7, 11) is 24.0. The Hall–Kier alpha value is -0.600. The standard InChI is InChI=1S/C12H10B4ClNO/c13-10(14)6-5-9(19)11(18,12(10,15)16)7-3-1-2-4-8(7)17/h1-4H,5-6,18H2. The summed E-state index contributed by atoms with van der Waals surface area (Å²) < 4.78 is 0. The molecule has 0 amide bonds. The second-order valence-corrected chi connectivity index (χ2v) is 5.53. The maximum Gasteiger partial charge on any atom is 0.156 e. The van der Waals surface area contributed by atoms with Crippen molar-refractivity contribution in [3.8, 4) is 0 Å². The zero-order valence-corrected chi connectivity index (χ0v) is 11.2. The lowest BCUT2D eigenvalue weighted by Gasteiger charge is -2.58. The number of benzene rings is 1. The van der Waals surface area contributed by atoms with E-state index >= 15 is 0 Å². The number of carbonyl (C=O) groups excluding carboxylic acids is 1. The number of ketones is 1. The van der Waals surface area contributed by atoms with Crippen molar-refractivity contribution in [1.82, 2.24) is 0 Å². The van der Waals surface area contributed by atoms with Crippen LogP contribution in [0.25, 0.3) is 0 Å². The van der Waals surface area contributed by atoms with Crippen LogP contribution in [0.2, 0.25) is 15.5 Å². The van der Waals surface area contributed by atoms with Crippen LogP contribution >= 0.6 is 11.6 Å². The van der Waals surface area contributed by atoms with Gasteiger partial charge in [0.15, 0.2) is 5.78 Å². The van der Waals surface area contributed by atoms with Gasteiger partial charge in [-0.05, 0) is 11.6 Å². The first-order valence-corrected chi connectivity index (χ1v) is 6.25. The van der Waals surface area contributed by atoms with Gasteiger partial charge in [-0.1, -0.05) is 41.4 Å². The molecule has 7 heteroatoms. The van der Waals surface area contributed by atoms with Gasteiger partial charge in [-0.3, -0.25) is 4.79 Å². The molecule has 1 aromatic carbocycles. The summed E-state index contributed by atoms with van der Waals surface area (Å²) in [5, 5.41) is -2.97. The first-order chi connectivity index (χ1) is 8.64. The van der Waals surface area contributed by atoms with Gasteiger partial charge in [-0.15, -0.1) is 5.21 Å². The molecule has 1 aromatic rings. The summed E-state index contributed by atoms with van der Waals surface area (Å²) in [6.07, 6.45) is 0.271. The van der Waals surface area contributed by atoms with Crippen LogP contribution < -0.4 is 5.73 Å². The fraction of sp³-hybridized carbons (Fsp3) is 0.417. The minimum atomic E-state index is -1.81. The normalized spacial score (nSPS) is 29.1. The van der Waals surface area contributed by atoms with Crippen molar-refractivity contribution in [2.24, 2.45) is 5.73 Å². The van der Waals surface area contributed by atoms with Crippen LogP contribution in [0.3, 0.4) is 0 Å². The molecule has 8 radical (unpaired) electrons. The lowest BCUT2D eigenvalue weighted by Crippen LogP contribution is -2.62. The average molecular weight is 263 g/mol. The van der Waals surface area contributed by atoms with Gasteiger partial charge in [0, 0.05) is 11.4 Å². The van der Waals surface area contributed by atoms with E-state index in [1.165, 1.54) is 0 Å². The lowest BCUT2D eigenvalue weighted by atomic mass is 9.22. The predicted molar refractivity (Wildman–Crippen MR) is 80.0 cm³/mol. The highest BCUT2D eigenvalue weighted by atomic mass is 35.5. The molecule has 1 fully saturated rings. The number of Topliss-reactive ketones (excluding diaryl/α,β-unsaturated/α-hetero) is 1. The Kier molecular flexibility index (Phi) is 3.47. The molecule has 2 rings (SSSR count). The predicted octanol–water partition coefficient (Wildman–Crippen LogP) is 0.763. The molecule has 1 aliphatic carbocycles. The van der Waals surface area contributed by atoms with Crippen LogP contribution in [-0.2, 0) is 10.3 Å². The third-order valence-corrected chi connectivity index (χ3v) is 4.26. The summed E-state index contributed by atoms with van der Waals surface area (Å²) in [5.41, 5.74) is 4.86. The molecule has 0 aliphatic heterocycles. The number of hydrogen-bond donors (Lipinski definition) is 1. The maximum atomic E-state index is 12.3. The number of nitrogens with two attached hydrogens (primary N) is 1. The van der Waals surface area contributed by atoms with Crippen LogP contribution in [0.5, 0.6) is 0 Å². The van der Waals surface area contributed by atoms with Gasteiger partial charge in [0.25, 0.3) is 0 Å². The molecule has 0 aromatic heterocycles. The van der Waals surface area contributed by atoms with Crippen LogP contribution in [0.15, 0.2) is 24.3 Å². The molecule has 0 saturated heterocycles. The van der Waals surface area contributed by atoms with Crippen LogP contribution in [0.1, 0.15) is 18.4 Å². The van der Waals surface area contributed by atoms with E-state index in [-0.39, 0.29) is 18.6 Å². The quantitative estimate of drug-likeness (QED) is 0.760.